The number of rotatable bonds is 9. The summed E-state index contributed by atoms with van der Waals surface area (Å²) in [4.78, 5) is 32.6. The number of aromatic nitrogens is 1. The molecule has 31 heavy (non-hydrogen) atoms. The van der Waals surface area contributed by atoms with Crippen molar-refractivity contribution < 1.29 is 9.72 Å². The van der Waals surface area contributed by atoms with Gasteiger partial charge in [0.2, 0.25) is 5.91 Å². The number of carbonyl (C=O) groups excluding carboxylic acids is 1. The molecular formula is C23H28N4O3S. The summed E-state index contributed by atoms with van der Waals surface area (Å²) in [6, 6.07) is 10.4. The molecule has 1 aromatic heterocycles. The Labute approximate surface area is 186 Å². The lowest BCUT2D eigenvalue weighted by Gasteiger charge is -2.24. The first kappa shape index (κ1) is 22.8. The van der Waals surface area contributed by atoms with Gasteiger partial charge in [-0.05, 0) is 49.7 Å². The first-order chi connectivity index (χ1) is 14.8. The van der Waals surface area contributed by atoms with E-state index in [1.165, 1.54) is 29.0 Å². The maximum Gasteiger partial charge on any atom is 0.269 e. The molecule has 8 heteroatoms. The standard InChI is InChI=1S/C23H28N4O3S/c1-5-25(6-2)11-12-26(21(28)15-18-7-9-19(10-8-18)27(29)30)23-24-22-17(4)13-16(3)14-20(22)31-23/h7-10,13-14H,5-6,11-12,15H2,1-4H3. The monoisotopic (exact) mass is 440 g/mol. The molecule has 1 amide bonds. The van der Waals surface area contributed by atoms with Crippen molar-refractivity contribution >= 4 is 38.3 Å². The summed E-state index contributed by atoms with van der Waals surface area (Å²) in [5.74, 6) is -0.0607. The second-order valence-corrected chi connectivity index (χ2v) is 8.61. The highest BCUT2D eigenvalue weighted by Crippen LogP contribution is 2.32. The van der Waals surface area contributed by atoms with Crippen LogP contribution in [-0.4, -0.2) is 46.9 Å². The van der Waals surface area contributed by atoms with Gasteiger partial charge >= 0.3 is 0 Å². The van der Waals surface area contributed by atoms with Crippen LogP contribution in [0.15, 0.2) is 36.4 Å². The fourth-order valence-corrected chi connectivity index (χ4v) is 4.77. The summed E-state index contributed by atoms with van der Waals surface area (Å²) in [7, 11) is 0. The third-order valence-corrected chi connectivity index (χ3v) is 6.41. The minimum atomic E-state index is -0.437. The lowest BCUT2D eigenvalue weighted by atomic mass is 10.1. The van der Waals surface area contributed by atoms with Crippen LogP contribution < -0.4 is 4.90 Å². The number of non-ortho nitro benzene ring substituents is 1. The number of fused-ring (bicyclic) bond motifs is 1. The minimum Gasteiger partial charge on any atom is -0.302 e. The van der Waals surface area contributed by atoms with Gasteiger partial charge in [-0.15, -0.1) is 0 Å². The van der Waals surface area contributed by atoms with Crippen molar-refractivity contribution in [1.29, 1.82) is 0 Å². The number of amides is 1. The first-order valence-corrected chi connectivity index (χ1v) is 11.3. The molecule has 0 N–H and O–H groups in total. The molecule has 0 unspecified atom stereocenters. The Morgan fingerprint density at radius 1 is 1.10 bits per heavy atom. The number of carbonyl (C=O) groups is 1. The topological polar surface area (TPSA) is 79.6 Å². The van der Waals surface area contributed by atoms with Crippen molar-refractivity contribution in [2.24, 2.45) is 0 Å². The van der Waals surface area contributed by atoms with Crippen molar-refractivity contribution in [3.05, 3.63) is 63.2 Å². The zero-order valence-corrected chi connectivity index (χ0v) is 19.2. The van der Waals surface area contributed by atoms with Crippen LogP contribution >= 0.6 is 11.3 Å². The van der Waals surface area contributed by atoms with Gasteiger partial charge in [0.05, 0.1) is 21.6 Å². The predicted molar refractivity (Wildman–Crippen MR) is 126 cm³/mol. The average Bonchev–Trinajstić information content (AvgIpc) is 3.15. The molecule has 0 aliphatic heterocycles. The van der Waals surface area contributed by atoms with Gasteiger partial charge in [0, 0.05) is 25.2 Å². The third-order valence-electron chi connectivity index (χ3n) is 5.39. The highest BCUT2D eigenvalue weighted by molar-refractivity contribution is 7.22. The lowest BCUT2D eigenvalue weighted by molar-refractivity contribution is -0.384. The first-order valence-electron chi connectivity index (χ1n) is 10.5. The Bertz CT molecular complexity index is 1070. The number of nitrogens with zero attached hydrogens (tertiary/aromatic N) is 4. The van der Waals surface area contributed by atoms with E-state index in [9.17, 15) is 14.9 Å². The molecule has 7 nitrogen and oxygen atoms in total. The van der Waals surface area contributed by atoms with Gasteiger partial charge in [0.25, 0.3) is 5.69 Å². The van der Waals surface area contributed by atoms with Crippen LogP contribution in [0.3, 0.4) is 0 Å². The van der Waals surface area contributed by atoms with Gasteiger partial charge < -0.3 is 4.90 Å². The molecule has 2 aromatic carbocycles. The van der Waals surface area contributed by atoms with E-state index in [1.807, 2.05) is 6.92 Å². The molecule has 0 aliphatic rings. The smallest absolute Gasteiger partial charge is 0.269 e. The number of anilines is 1. The van der Waals surface area contributed by atoms with Crippen LogP contribution in [0.4, 0.5) is 10.8 Å². The largest absolute Gasteiger partial charge is 0.302 e. The Morgan fingerprint density at radius 2 is 1.77 bits per heavy atom. The molecule has 0 saturated heterocycles. The Balaban J connectivity index is 1.89. The Kier molecular flexibility index (Phi) is 7.35. The number of hydrogen-bond donors (Lipinski definition) is 0. The SMILES string of the molecule is CCN(CC)CCN(C(=O)Cc1ccc([N+](=O)[O-])cc1)c1nc2c(C)cc(C)cc2s1. The summed E-state index contributed by atoms with van der Waals surface area (Å²) >= 11 is 1.53. The molecule has 0 radical (unpaired) electrons. The van der Waals surface area contributed by atoms with Crippen LogP contribution in [0.1, 0.15) is 30.5 Å². The van der Waals surface area contributed by atoms with Crippen LogP contribution in [0.25, 0.3) is 10.2 Å². The molecule has 0 bridgehead atoms. The van der Waals surface area contributed by atoms with E-state index in [0.29, 0.717) is 11.7 Å². The van der Waals surface area contributed by atoms with Crippen molar-refractivity contribution in [2.45, 2.75) is 34.1 Å². The van der Waals surface area contributed by atoms with Gasteiger partial charge in [0.15, 0.2) is 5.13 Å². The maximum absolute atomic E-state index is 13.3. The summed E-state index contributed by atoms with van der Waals surface area (Å²) in [5, 5.41) is 11.6. The molecule has 164 valence electrons. The van der Waals surface area contributed by atoms with E-state index < -0.39 is 4.92 Å². The molecule has 0 fully saturated rings. The zero-order chi connectivity index (χ0) is 22.5. The van der Waals surface area contributed by atoms with Crippen molar-refractivity contribution in [1.82, 2.24) is 9.88 Å². The maximum atomic E-state index is 13.3. The summed E-state index contributed by atoms with van der Waals surface area (Å²) in [6.45, 7) is 11.4. The van der Waals surface area contributed by atoms with E-state index >= 15 is 0 Å². The average molecular weight is 441 g/mol. The molecule has 0 aliphatic carbocycles. The van der Waals surface area contributed by atoms with Gasteiger partial charge in [-0.2, -0.15) is 0 Å². The second kappa shape index (κ2) is 9.98. The summed E-state index contributed by atoms with van der Waals surface area (Å²) in [6.07, 6.45) is 0.171. The number of thiazole rings is 1. The molecular weight excluding hydrogens is 412 g/mol. The number of nitro groups is 1. The predicted octanol–water partition coefficient (Wildman–Crippen LogP) is 4.74. The summed E-state index contributed by atoms with van der Waals surface area (Å²) < 4.78 is 1.07. The van der Waals surface area contributed by atoms with Crippen LogP contribution in [0.2, 0.25) is 0 Å². The molecule has 3 rings (SSSR count). The second-order valence-electron chi connectivity index (χ2n) is 7.60. The molecule has 3 aromatic rings. The Morgan fingerprint density at radius 3 is 2.39 bits per heavy atom. The zero-order valence-electron chi connectivity index (χ0n) is 18.4. The number of nitro benzene ring substituents is 1. The van der Waals surface area contributed by atoms with Crippen molar-refractivity contribution in [3.8, 4) is 0 Å². The van der Waals surface area contributed by atoms with Crippen LogP contribution in [0.5, 0.6) is 0 Å². The van der Waals surface area contributed by atoms with E-state index in [-0.39, 0.29) is 18.0 Å². The molecule has 0 saturated carbocycles. The van der Waals surface area contributed by atoms with Gasteiger partial charge in [-0.25, -0.2) is 4.98 Å². The Hall–Kier alpha value is -2.84. The molecule has 1 heterocycles. The van der Waals surface area contributed by atoms with Crippen LogP contribution in [-0.2, 0) is 11.2 Å². The fraction of sp³-hybridized carbons (Fsp3) is 0.391. The normalized spacial score (nSPS) is 11.3. The van der Waals surface area contributed by atoms with Crippen molar-refractivity contribution in [2.75, 3.05) is 31.1 Å². The number of hydrogen-bond acceptors (Lipinski definition) is 6. The minimum absolute atomic E-state index is 0.0200. The van der Waals surface area contributed by atoms with Gasteiger partial charge in [-0.3, -0.25) is 19.8 Å². The number of aryl methyl sites for hydroxylation is 2. The van der Waals surface area contributed by atoms with Gasteiger partial charge in [-0.1, -0.05) is 43.4 Å². The third kappa shape index (κ3) is 5.45. The van der Waals surface area contributed by atoms with Crippen molar-refractivity contribution in [3.63, 3.8) is 0 Å². The number of benzene rings is 2. The van der Waals surface area contributed by atoms with E-state index in [1.54, 1.807) is 17.0 Å². The van der Waals surface area contributed by atoms with E-state index in [0.717, 1.165) is 41.0 Å². The highest BCUT2D eigenvalue weighted by Gasteiger charge is 2.21. The molecule has 0 atom stereocenters. The quantitative estimate of drug-likeness (QED) is 0.355. The van der Waals surface area contributed by atoms with E-state index in [4.69, 9.17) is 4.98 Å². The molecule has 0 spiro atoms. The highest BCUT2D eigenvalue weighted by atomic mass is 32.1. The van der Waals surface area contributed by atoms with Crippen LogP contribution in [0, 0.1) is 24.0 Å². The van der Waals surface area contributed by atoms with E-state index in [2.05, 4.69) is 37.8 Å². The summed E-state index contributed by atoms with van der Waals surface area (Å²) in [5.41, 5.74) is 3.97. The number of likely N-dealkylation sites (N-methyl/N-ethyl adjacent to an activating group) is 1. The van der Waals surface area contributed by atoms with Gasteiger partial charge in [0.1, 0.15) is 0 Å². The lowest BCUT2D eigenvalue weighted by Crippen LogP contribution is -2.39. The fourth-order valence-electron chi connectivity index (χ4n) is 3.59.